The number of rotatable bonds is 18. The van der Waals surface area contributed by atoms with E-state index in [1.165, 1.54) is 5.56 Å². The first kappa shape index (κ1) is 71.3. The Balaban J connectivity index is 0.000000295. The highest BCUT2D eigenvalue weighted by molar-refractivity contribution is 6.05. The molecule has 6 aromatic carbocycles. The van der Waals surface area contributed by atoms with Crippen LogP contribution in [0.4, 0.5) is 19.2 Å². The predicted molar refractivity (Wildman–Crippen MR) is 340 cm³/mol. The van der Waals surface area contributed by atoms with Gasteiger partial charge in [0.2, 0.25) is 5.91 Å². The van der Waals surface area contributed by atoms with Crippen LogP contribution in [-0.4, -0.2) is 81.9 Å². The summed E-state index contributed by atoms with van der Waals surface area (Å²) in [5.74, 6) is -0.641. The minimum absolute atomic E-state index is 0.0133. The molecule has 7 rings (SSSR count). The molecule has 89 heavy (non-hydrogen) atoms. The lowest BCUT2D eigenvalue weighted by molar-refractivity contribution is -0.134. The van der Waals surface area contributed by atoms with Gasteiger partial charge in [-0.05, 0) is 113 Å². The Hall–Kier alpha value is -10.2. The standard InChI is InChI=1S/C32H35N3O4.C21H25N3O4.C13H19N3O2.C2H4O2/c1-22(34-31(37)28-18-17-27(20-28)25-10-6-3-7-11-25)29(36)19-14-23-12-15-26(16-13-23)30(33)35-32(38)39-21-24-8-4-2-5-9-24;1-21(2,3)28-19(25)23-13-15-9-11-17(12-10-15)18(22)24-20(26)27-14-16-7-5-4-6-8-16;1-13(2,3)18-12(17)16-8-9-4-6-10(7-5-9)11(14)15;1-2(3)4/h2-13,15-16,22,27-28H,14,17-21H2,1H3,(H,34,37)(H2,33,35,38);4-12H,13-14H2,1-3H3,(H,23,25)(H2,22,24,26);4-7H,8H2,1-3H3,(H3,14,15)(H,16,17);1H3,(H,3,4)/t22-,27+,28+;;;/m0.../s1. The average molecular weight is 1220 g/mol. The Kier molecular flexibility index (Phi) is 28.9. The van der Waals surface area contributed by atoms with Crippen LogP contribution in [0.3, 0.4) is 0 Å². The Morgan fingerprint density at radius 1 is 0.539 bits per heavy atom. The van der Waals surface area contributed by atoms with E-state index in [4.69, 9.17) is 50.8 Å². The number of nitrogens with two attached hydrogens (primary N) is 1. The normalized spacial score (nSPS) is 13.3. The summed E-state index contributed by atoms with van der Waals surface area (Å²) < 4.78 is 20.5. The lowest BCUT2D eigenvalue weighted by Crippen LogP contribution is -2.41. The maximum absolute atomic E-state index is 12.8. The number of alkyl carbamates (subject to hydrolysis) is 4. The van der Waals surface area contributed by atoms with Crippen LogP contribution in [0.5, 0.6) is 0 Å². The number of ether oxygens (including phenoxy) is 4. The van der Waals surface area contributed by atoms with Crippen molar-refractivity contribution in [2.24, 2.45) is 11.7 Å². The van der Waals surface area contributed by atoms with Gasteiger partial charge in [0.25, 0.3) is 5.97 Å². The third-order valence-corrected chi connectivity index (χ3v) is 12.9. The van der Waals surface area contributed by atoms with Crippen LogP contribution in [0.2, 0.25) is 0 Å². The maximum atomic E-state index is 12.8. The molecule has 0 aliphatic heterocycles. The number of benzene rings is 6. The van der Waals surface area contributed by atoms with Crippen molar-refractivity contribution in [1.29, 1.82) is 16.2 Å². The molecule has 0 aromatic heterocycles. The topological polar surface area (TPSA) is 334 Å². The number of carbonyl (C=O) groups excluding carboxylic acids is 6. The highest BCUT2D eigenvalue weighted by Crippen LogP contribution is 2.38. The van der Waals surface area contributed by atoms with Gasteiger partial charge in [-0.2, -0.15) is 0 Å². The van der Waals surface area contributed by atoms with Crippen LogP contribution >= 0.6 is 0 Å². The van der Waals surface area contributed by atoms with Crippen molar-refractivity contribution < 1.29 is 57.6 Å². The van der Waals surface area contributed by atoms with Gasteiger partial charge in [0, 0.05) is 49.0 Å². The molecule has 11 N–H and O–H groups in total. The molecule has 0 spiro atoms. The monoisotopic (exact) mass is 1220 g/mol. The van der Waals surface area contributed by atoms with Gasteiger partial charge in [0.1, 0.15) is 41.9 Å². The van der Waals surface area contributed by atoms with Crippen LogP contribution in [0.15, 0.2) is 164 Å². The van der Waals surface area contributed by atoms with Gasteiger partial charge < -0.3 is 45.7 Å². The number of Topliss-reactive ketones (excluding diaryl/α,β-unsaturated/α-hetero) is 1. The largest absolute Gasteiger partial charge is 0.481 e. The number of amidine groups is 3. The summed E-state index contributed by atoms with van der Waals surface area (Å²) in [6.45, 7) is 14.6. The molecule has 0 radical (unpaired) electrons. The number of carboxylic acid groups (broad SMARTS) is 1. The van der Waals surface area contributed by atoms with Gasteiger partial charge in [-0.25, -0.2) is 19.2 Å². The molecule has 1 fully saturated rings. The highest BCUT2D eigenvalue weighted by Gasteiger charge is 2.32. The molecule has 1 saturated carbocycles. The Labute approximate surface area is 520 Å². The number of nitrogen functional groups attached to an aromatic ring is 1. The molecule has 0 heterocycles. The van der Waals surface area contributed by atoms with Crippen molar-refractivity contribution >= 4 is 59.5 Å². The summed E-state index contributed by atoms with van der Waals surface area (Å²) in [4.78, 5) is 81.4. The zero-order chi connectivity index (χ0) is 65.5. The van der Waals surface area contributed by atoms with E-state index in [1.54, 1.807) is 76.2 Å². The Morgan fingerprint density at radius 2 is 0.921 bits per heavy atom. The fourth-order valence-electron chi connectivity index (χ4n) is 8.42. The van der Waals surface area contributed by atoms with Crippen LogP contribution in [0.1, 0.15) is 137 Å². The molecule has 6 aromatic rings. The summed E-state index contributed by atoms with van der Waals surface area (Å²) in [6.07, 6.45) is 1.16. The Morgan fingerprint density at radius 3 is 1.31 bits per heavy atom. The van der Waals surface area contributed by atoms with Gasteiger partial charge in [0.05, 0.1) is 6.04 Å². The minimum Gasteiger partial charge on any atom is -0.481 e. The van der Waals surface area contributed by atoms with Crippen molar-refractivity contribution in [3.63, 3.8) is 0 Å². The van der Waals surface area contributed by atoms with E-state index in [0.717, 1.165) is 54.0 Å². The van der Waals surface area contributed by atoms with E-state index in [-0.39, 0.29) is 48.3 Å². The molecular weight excluding hydrogens is 1130 g/mol. The number of hydrogen-bond acceptors (Lipinski definition) is 14. The number of aryl methyl sites for hydroxylation is 1. The van der Waals surface area contributed by atoms with Crippen LogP contribution in [0, 0.1) is 22.1 Å². The van der Waals surface area contributed by atoms with Crippen LogP contribution in [-0.2, 0) is 66.1 Å². The number of aliphatic carboxylic acids is 1. The van der Waals surface area contributed by atoms with Gasteiger partial charge in [-0.15, -0.1) is 0 Å². The number of hydrogen-bond donors (Lipinski definition) is 10. The smallest absolute Gasteiger partial charge is 0.413 e. The van der Waals surface area contributed by atoms with Crippen LogP contribution in [0.25, 0.3) is 0 Å². The molecule has 0 saturated heterocycles. The highest BCUT2D eigenvalue weighted by atomic mass is 16.6. The quantitative estimate of drug-likeness (QED) is 0.0218. The number of nitrogens with one attached hydrogen (secondary N) is 8. The van der Waals surface area contributed by atoms with E-state index < -0.39 is 47.6 Å². The maximum Gasteiger partial charge on any atom is 0.413 e. The second-order valence-corrected chi connectivity index (χ2v) is 22.7. The SMILES string of the molecule is CC(=O)O.CC(C)(C)OC(=O)NCc1ccc(C(=N)N)cc1.CC(C)(C)OC(=O)NCc1ccc(C(=N)NC(=O)OCc2ccccc2)cc1.C[C@H](NC(=O)[C@@H]1CC[C@@H](c2ccccc2)C1)C(=O)CCc1ccc(C(=N)NC(=O)OCc2ccccc2)cc1. The number of carboxylic acids is 1. The van der Waals surface area contributed by atoms with Gasteiger partial charge >= 0.3 is 24.4 Å². The summed E-state index contributed by atoms with van der Waals surface area (Å²) in [5.41, 5.74) is 11.7. The van der Waals surface area contributed by atoms with E-state index in [1.807, 2.05) is 124 Å². The van der Waals surface area contributed by atoms with Gasteiger partial charge in [-0.3, -0.25) is 41.2 Å². The zero-order valence-corrected chi connectivity index (χ0v) is 51.7. The Bertz CT molecular complexity index is 3270. The van der Waals surface area contributed by atoms with Crippen molar-refractivity contribution in [1.82, 2.24) is 26.6 Å². The van der Waals surface area contributed by atoms with E-state index in [2.05, 4.69) is 38.7 Å². The zero-order valence-electron chi connectivity index (χ0n) is 51.7. The van der Waals surface area contributed by atoms with Gasteiger partial charge in [0.15, 0.2) is 5.78 Å². The van der Waals surface area contributed by atoms with Gasteiger partial charge in [-0.1, -0.05) is 164 Å². The third-order valence-electron chi connectivity index (χ3n) is 12.9. The lowest BCUT2D eigenvalue weighted by atomic mass is 9.96. The molecule has 3 atom stereocenters. The van der Waals surface area contributed by atoms with Crippen molar-refractivity contribution in [3.05, 3.63) is 214 Å². The summed E-state index contributed by atoms with van der Waals surface area (Å²) in [5, 5.41) is 43.9. The minimum atomic E-state index is -0.833. The van der Waals surface area contributed by atoms with Crippen LogP contribution < -0.4 is 32.3 Å². The van der Waals surface area contributed by atoms with E-state index in [0.29, 0.717) is 48.5 Å². The fourth-order valence-corrected chi connectivity index (χ4v) is 8.42. The van der Waals surface area contributed by atoms with E-state index in [9.17, 15) is 28.8 Å². The number of amides is 5. The molecule has 0 bridgehead atoms. The average Bonchev–Trinajstić information content (AvgIpc) is 2.97. The first-order chi connectivity index (χ1) is 42.1. The van der Waals surface area contributed by atoms with E-state index >= 15 is 0 Å². The number of carbonyl (C=O) groups is 7. The van der Waals surface area contributed by atoms with Crippen molar-refractivity contribution in [2.45, 2.75) is 137 Å². The second-order valence-electron chi connectivity index (χ2n) is 22.7. The summed E-state index contributed by atoms with van der Waals surface area (Å²) >= 11 is 0. The van der Waals surface area contributed by atoms with Crippen molar-refractivity contribution in [3.8, 4) is 0 Å². The summed E-state index contributed by atoms with van der Waals surface area (Å²) in [7, 11) is 0. The molecule has 472 valence electrons. The molecule has 21 nitrogen and oxygen atoms in total. The molecule has 21 heteroatoms. The third kappa shape index (κ3) is 29.2. The molecular formula is C68H83N9O12. The van der Waals surface area contributed by atoms with Crippen molar-refractivity contribution in [2.75, 3.05) is 0 Å². The molecule has 0 unspecified atom stereocenters. The molecule has 1 aliphatic rings. The first-order valence-corrected chi connectivity index (χ1v) is 28.9. The molecule has 5 amide bonds. The second kappa shape index (κ2) is 36.1. The lowest BCUT2D eigenvalue weighted by Gasteiger charge is -2.19. The predicted octanol–water partition coefficient (Wildman–Crippen LogP) is 11.6. The fraction of sp³-hybridized carbons (Fsp3) is 0.324. The summed E-state index contributed by atoms with van der Waals surface area (Å²) in [6, 6.07) is 49.5. The number of ketones is 1. The molecule has 1 aliphatic carbocycles. The first-order valence-electron chi connectivity index (χ1n) is 28.9.